The normalized spacial score (nSPS) is 13.5. The van der Waals surface area contributed by atoms with Crippen LogP contribution in [-0.4, -0.2) is 9.55 Å². The second-order valence-electron chi connectivity index (χ2n) is 14.2. The van der Waals surface area contributed by atoms with Gasteiger partial charge in [-0.15, -0.1) is 0 Å². The molecule has 240 valence electrons. The van der Waals surface area contributed by atoms with Gasteiger partial charge in [-0.3, -0.25) is 4.57 Å². The summed E-state index contributed by atoms with van der Waals surface area (Å²) in [6.45, 7) is 0. The number of hydrogen-bond donors (Lipinski definition) is 0. The number of benzene rings is 9. The van der Waals surface area contributed by atoms with E-state index in [9.17, 15) is 0 Å². The van der Waals surface area contributed by atoms with Gasteiger partial charge in [-0.2, -0.15) is 0 Å². The molecule has 1 aliphatic carbocycles. The lowest BCUT2D eigenvalue weighted by molar-refractivity contribution is 0.738. The molecule has 0 N–H and O–H groups in total. The predicted octanol–water partition coefficient (Wildman–Crippen LogP) is 12.5. The Morgan fingerprint density at radius 1 is 0.404 bits per heavy atom. The number of rotatable bonds is 2. The van der Waals surface area contributed by atoms with Crippen LogP contribution in [0.3, 0.4) is 0 Å². The molecule has 2 heterocycles. The molecule has 0 saturated carbocycles. The summed E-state index contributed by atoms with van der Waals surface area (Å²) in [4.78, 5) is 5.65. The number of imidazole rings is 1. The van der Waals surface area contributed by atoms with Gasteiger partial charge in [0.15, 0.2) is 0 Å². The van der Waals surface area contributed by atoms with Crippen molar-refractivity contribution in [2.45, 2.75) is 5.41 Å². The van der Waals surface area contributed by atoms with Crippen LogP contribution >= 0.6 is 0 Å². The van der Waals surface area contributed by atoms with Crippen LogP contribution < -0.4 is 0 Å². The van der Waals surface area contributed by atoms with Gasteiger partial charge in [0.25, 0.3) is 0 Å². The van der Waals surface area contributed by atoms with Crippen LogP contribution in [0.15, 0.2) is 182 Å². The first kappa shape index (κ1) is 28.0. The summed E-state index contributed by atoms with van der Waals surface area (Å²) in [5, 5.41) is 7.53. The summed E-state index contributed by atoms with van der Waals surface area (Å²) < 4.78 is 2.42. The molecule has 0 amide bonds. The molecule has 10 aromatic rings. The maximum atomic E-state index is 5.65. The molecule has 1 aliphatic heterocycles. The van der Waals surface area contributed by atoms with Crippen LogP contribution in [0.25, 0.3) is 82.4 Å². The summed E-state index contributed by atoms with van der Waals surface area (Å²) in [6, 6.07) is 66.9. The Balaban J connectivity index is 1.15. The molecule has 2 aliphatic rings. The Morgan fingerprint density at radius 2 is 0.923 bits per heavy atom. The van der Waals surface area contributed by atoms with Gasteiger partial charge in [-0.05, 0) is 101 Å². The van der Waals surface area contributed by atoms with Crippen LogP contribution in [0.2, 0.25) is 0 Å². The summed E-state index contributed by atoms with van der Waals surface area (Å²) in [5.41, 5.74) is 14.3. The van der Waals surface area contributed by atoms with Crippen LogP contribution in [-0.2, 0) is 5.41 Å². The Bertz CT molecular complexity index is 3040. The molecule has 1 spiro atoms. The van der Waals surface area contributed by atoms with Crippen LogP contribution in [0, 0.1) is 0 Å². The lowest BCUT2D eigenvalue weighted by atomic mass is 9.73. The minimum Gasteiger partial charge on any atom is -0.295 e. The summed E-state index contributed by atoms with van der Waals surface area (Å²) in [7, 11) is 0. The molecule has 9 aromatic carbocycles. The van der Waals surface area contributed by atoms with Gasteiger partial charge in [0.1, 0.15) is 11.2 Å². The van der Waals surface area contributed by atoms with Crippen molar-refractivity contribution in [3.05, 3.63) is 205 Å². The van der Waals surface area contributed by atoms with Gasteiger partial charge < -0.3 is 0 Å². The Morgan fingerprint density at radius 3 is 1.62 bits per heavy atom. The highest BCUT2D eigenvalue weighted by Gasteiger charge is 2.54. The van der Waals surface area contributed by atoms with E-state index in [4.69, 9.17) is 4.98 Å². The Kier molecular flexibility index (Phi) is 5.46. The SMILES string of the molecule is c1ccc2c(c1)-c1ccccc1C21c2ccccc2-n2c1nc1cc(-c3c4ccccc4c(-c4cccc5ccccc45)c4ccccc34)ccc12. The van der Waals surface area contributed by atoms with E-state index < -0.39 is 5.41 Å². The van der Waals surface area contributed by atoms with Crippen LogP contribution in [0.5, 0.6) is 0 Å². The minimum atomic E-state index is -0.484. The summed E-state index contributed by atoms with van der Waals surface area (Å²) >= 11 is 0. The lowest BCUT2D eigenvalue weighted by Gasteiger charge is -2.27. The summed E-state index contributed by atoms with van der Waals surface area (Å²) in [6.07, 6.45) is 0. The topological polar surface area (TPSA) is 17.8 Å². The van der Waals surface area contributed by atoms with Crippen molar-refractivity contribution in [1.82, 2.24) is 9.55 Å². The molecule has 0 unspecified atom stereocenters. The fraction of sp³-hybridized carbons (Fsp3) is 0.0200. The molecule has 52 heavy (non-hydrogen) atoms. The maximum absolute atomic E-state index is 5.65. The third kappa shape index (κ3) is 3.42. The second kappa shape index (κ2) is 10.2. The van der Waals surface area contributed by atoms with E-state index in [0.29, 0.717) is 0 Å². The quantitative estimate of drug-likeness (QED) is 0.169. The minimum absolute atomic E-state index is 0.484. The number of fused-ring (bicyclic) bond motifs is 15. The largest absolute Gasteiger partial charge is 0.295 e. The molecule has 0 atom stereocenters. The van der Waals surface area contributed by atoms with E-state index in [2.05, 4.69) is 187 Å². The lowest BCUT2D eigenvalue weighted by Crippen LogP contribution is -2.27. The third-order valence-electron chi connectivity index (χ3n) is 11.8. The molecule has 2 nitrogen and oxygen atoms in total. The van der Waals surface area contributed by atoms with E-state index in [1.165, 1.54) is 88.1 Å². The third-order valence-corrected chi connectivity index (χ3v) is 11.8. The predicted molar refractivity (Wildman–Crippen MR) is 215 cm³/mol. The molecular weight excluding hydrogens is 629 g/mol. The fourth-order valence-corrected chi connectivity index (χ4v) is 9.78. The van der Waals surface area contributed by atoms with E-state index in [-0.39, 0.29) is 0 Å². The van der Waals surface area contributed by atoms with E-state index in [0.717, 1.165) is 16.9 Å². The van der Waals surface area contributed by atoms with Gasteiger partial charge in [0.2, 0.25) is 0 Å². The molecular formula is C50H30N2. The zero-order chi connectivity index (χ0) is 34.0. The monoisotopic (exact) mass is 658 g/mol. The average Bonchev–Trinajstić information content (AvgIpc) is 3.83. The fourth-order valence-electron chi connectivity index (χ4n) is 9.78. The van der Waals surface area contributed by atoms with Gasteiger partial charge in [0.05, 0.1) is 16.7 Å². The van der Waals surface area contributed by atoms with Crippen molar-refractivity contribution in [3.8, 4) is 39.1 Å². The molecule has 0 fully saturated rings. The van der Waals surface area contributed by atoms with Gasteiger partial charge in [0, 0.05) is 0 Å². The molecule has 0 saturated heterocycles. The number of nitrogens with zero attached hydrogens (tertiary/aromatic N) is 2. The highest BCUT2D eigenvalue weighted by Crippen LogP contribution is 2.60. The highest BCUT2D eigenvalue weighted by molar-refractivity contribution is 6.23. The van der Waals surface area contributed by atoms with Crippen molar-refractivity contribution in [3.63, 3.8) is 0 Å². The highest BCUT2D eigenvalue weighted by atomic mass is 15.1. The number of para-hydroxylation sites is 1. The zero-order valence-corrected chi connectivity index (χ0v) is 28.2. The van der Waals surface area contributed by atoms with Crippen molar-refractivity contribution >= 4 is 43.4 Å². The molecule has 0 radical (unpaired) electrons. The van der Waals surface area contributed by atoms with Gasteiger partial charge in [-0.1, -0.05) is 164 Å². The first-order valence-corrected chi connectivity index (χ1v) is 18.1. The average molecular weight is 659 g/mol. The molecule has 2 heteroatoms. The smallest absolute Gasteiger partial charge is 0.134 e. The van der Waals surface area contributed by atoms with Gasteiger partial charge in [-0.25, -0.2) is 4.98 Å². The Hall–Kier alpha value is -6.77. The Labute approximate surface area is 300 Å². The molecule has 1 aromatic heterocycles. The van der Waals surface area contributed by atoms with E-state index in [1.54, 1.807) is 0 Å². The van der Waals surface area contributed by atoms with Crippen molar-refractivity contribution in [2.24, 2.45) is 0 Å². The molecule has 12 rings (SSSR count). The van der Waals surface area contributed by atoms with Gasteiger partial charge >= 0.3 is 0 Å². The number of hydrogen-bond acceptors (Lipinski definition) is 1. The van der Waals surface area contributed by atoms with Crippen LogP contribution in [0.4, 0.5) is 0 Å². The van der Waals surface area contributed by atoms with Crippen molar-refractivity contribution in [2.75, 3.05) is 0 Å². The van der Waals surface area contributed by atoms with E-state index >= 15 is 0 Å². The number of aromatic nitrogens is 2. The molecule has 0 bridgehead atoms. The first-order chi connectivity index (χ1) is 25.8. The summed E-state index contributed by atoms with van der Waals surface area (Å²) in [5.74, 6) is 1.07. The maximum Gasteiger partial charge on any atom is 0.134 e. The second-order valence-corrected chi connectivity index (χ2v) is 14.2. The van der Waals surface area contributed by atoms with Crippen molar-refractivity contribution in [1.29, 1.82) is 0 Å². The van der Waals surface area contributed by atoms with E-state index in [1.807, 2.05) is 0 Å². The first-order valence-electron chi connectivity index (χ1n) is 18.1. The van der Waals surface area contributed by atoms with Crippen LogP contribution in [0.1, 0.15) is 22.5 Å². The standard InChI is InChI=1S/C50H30N2/c1-2-16-33-31(14-1)15-13-23-36(33)48-39-21-5-3-19-37(39)47(38-20-4-6-22-40(38)48)32-28-29-46-44(30-32)51-49-50(43-26-11-12-27-45(43)52(46)49)41-24-9-7-17-34(41)35-18-8-10-25-42(35)50/h1-30H. The zero-order valence-electron chi connectivity index (χ0n) is 28.2. The van der Waals surface area contributed by atoms with Crippen molar-refractivity contribution < 1.29 is 0 Å².